The lowest BCUT2D eigenvalue weighted by Crippen LogP contribution is -2.17. The number of rotatable bonds is 6. The maximum Gasteiger partial charge on any atom is 0.0945 e. The van der Waals surface area contributed by atoms with Crippen LogP contribution in [0.15, 0.2) is 36.9 Å². The Morgan fingerprint density at radius 3 is 2.79 bits per heavy atom. The fraction of sp³-hybridized carbons (Fsp3) is 0.385. The highest BCUT2D eigenvalue weighted by molar-refractivity contribution is 5.85. The van der Waals surface area contributed by atoms with Crippen LogP contribution in [0.3, 0.4) is 0 Å². The van der Waals surface area contributed by atoms with Gasteiger partial charge in [-0.25, -0.2) is 4.98 Å². The van der Waals surface area contributed by atoms with E-state index in [0.717, 1.165) is 37.4 Å². The molecule has 6 heteroatoms. The molecule has 0 aliphatic heterocycles. The molecule has 0 atom stereocenters. The average Bonchev–Trinajstić information content (AvgIpc) is 2.82. The maximum atomic E-state index is 4.44. The molecule has 1 N–H and O–H groups in total. The van der Waals surface area contributed by atoms with Gasteiger partial charge in [0, 0.05) is 31.2 Å². The molecule has 2 aromatic rings. The highest BCUT2D eigenvalue weighted by atomic mass is 35.5. The van der Waals surface area contributed by atoms with Crippen LogP contribution < -0.4 is 5.32 Å². The van der Waals surface area contributed by atoms with Gasteiger partial charge in [0.2, 0.25) is 0 Å². The Morgan fingerprint density at radius 2 is 2.11 bits per heavy atom. The highest BCUT2D eigenvalue weighted by Crippen LogP contribution is 1.97. The quantitative estimate of drug-likeness (QED) is 0.834. The average molecular weight is 303 g/mol. The third kappa shape index (κ3) is 6.57. The van der Waals surface area contributed by atoms with Crippen molar-refractivity contribution in [1.29, 1.82) is 0 Å². The Hall–Kier alpha value is -1.10. The molecule has 0 aliphatic rings. The van der Waals surface area contributed by atoms with E-state index >= 15 is 0 Å². The minimum atomic E-state index is 0. The van der Waals surface area contributed by atoms with Crippen molar-refractivity contribution in [2.24, 2.45) is 0 Å². The number of hydrogen-bond donors (Lipinski definition) is 1. The van der Waals surface area contributed by atoms with Gasteiger partial charge in [0.1, 0.15) is 0 Å². The summed E-state index contributed by atoms with van der Waals surface area (Å²) < 4.78 is 2.09. The first kappa shape index (κ1) is 17.9. The monoisotopic (exact) mass is 302 g/mol. The predicted octanol–water partition coefficient (Wildman–Crippen LogP) is 2.61. The van der Waals surface area contributed by atoms with E-state index < -0.39 is 0 Å². The highest BCUT2D eigenvalue weighted by Gasteiger charge is 1.95. The summed E-state index contributed by atoms with van der Waals surface area (Å²) in [6.45, 7) is 4.86. The number of pyridine rings is 1. The lowest BCUT2D eigenvalue weighted by molar-refractivity contribution is 0.576. The van der Waals surface area contributed by atoms with Crippen LogP contribution in [0, 0.1) is 6.92 Å². The van der Waals surface area contributed by atoms with Gasteiger partial charge in [0.25, 0.3) is 0 Å². The summed E-state index contributed by atoms with van der Waals surface area (Å²) in [5.74, 6) is 0. The molecule has 0 saturated carbocycles. The number of halogens is 2. The number of aromatic nitrogens is 3. The molecule has 2 rings (SSSR count). The molecule has 0 saturated heterocycles. The van der Waals surface area contributed by atoms with E-state index in [2.05, 4.69) is 25.9 Å². The van der Waals surface area contributed by atoms with Crippen LogP contribution >= 0.6 is 24.8 Å². The van der Waals surface area contributed by atoms with Gasteiger partial charge in [-0.2, -0.15) is 0 Å². The molecule has 0 aromatic carbocycles. The van der Waals surface area contributed by atoms with Crippen molar-refractivity contribution < 1.29 is 0 Å². The van der Waals surface area contributed by atoms with Gasteiger partial charge >= 0.3 is 0 Å². The standard InChI is InChI=1S/C13H18N4.2ClH/c1-12-4-2-5-13(16-12)10-14-6-3-8-17-9-7-15-11-17;;/h2,4-5,7,9,11,14H,3,6,8,10H2,1H3;2*1H. The number of hydrogen-bond acceptors (Lipinski definition) is 3. The molecule has 2 aromatic heterocycles. The second-order valence-corrected chi connectivity index (χ2v) is 4.10. The zero-order valence-electron chi connectivity index (χ0n) is 11.0. The molecular formula is C13H20Cl2N4. The Labute approximate surface area is 126 Å². The molecule has 0 radical (unpaired) electrons. The Bertz CT molecular complexity index is 446. The maximum absolute atomic E-state index is 4.44. The lowest BCUT2D eigenvalue weighted by atomic mass is 10.3. The number of imidazole rings is 1. The van der Waals surface area contributed by atoms with Crippen LogP contribution in [-0.2, 0) is 13.1 Å². The summed E-state index contributed by atoms with van der Waals surface area (Å²) in [6.07, 6.45) is 6.75. The fourth-order valence-electron chi connectivity index (χ4n) is 1.72. The molecule has 2 heterocycles. The number of aryl methyl sites for hydroxylation is 2. The van der Waals surface area contributed by atoms with E-state index in [4.69, 9.17) is 0 Å². The van der Waals surface area contributed by atoms with Crippen molar-refractivity contribution in [1.82, 2.24) is 19.9 Å². The van der Waals surface area contributed by atoms with Crippen LogP contribution in [0.4, 0.5) is 0 Å². The molecule has 106 valence electrons. The van der Waals surface area contributed by atoms with Gasteiger partial charge in [0.15, 0.2) is 0 Å². The molecule has 0 spiro atoms. The molecular weight excluding hydrogens is 283 g/mol. The van der Waals surface area contributed by atoms with Crippen LogP contribution in [0.1, 0.15) is 17.8 Å². The second kappa shape index (κ2) is 9.78. The van der Waals surface area contributed by atoms with E-state index in [-0.39, 0.29) is 24.8 Å². The molecule has 0 bridgehead atoms. The smallest absolute Gasteiger partial charge is 0.0945 e. The third-order valence-corrected chi connectivity index (χ3v) is 2.58. The van der Waals surface area contributed by atoms with E-state index in [1.807, 2.05) is 37.8 Å². The Balaban J connectivity index is 0.00000162. The molecule has 19 heavy (non-hydrogen) atoms. The van der Waals surface area contributed by atoms with E-state index in [1.54, 1.807) is 0 Å². The molecule has 0 unspecified atom stereocenters. The van der Waals surface area contributed by atoms with Crippen molar-refractivity contribution >= 4 is 24.8 Å². The topological polar surface area (TPSA) is 42.7 Å². The largest absolute Gasteiger partial charge is 0.337 e. The predicted molar refractivity (Wildman–Crippen MR) is 82.0 cm³/mol. The zero-order valence-corrected chi connectivity index (χ0v) is 12.6. The molecule has 0 fully saturated rings. The van der Waals surface area contributed by atoms with Gasteiger partial charge in [-0.05, 0) is 32.0 Å². The first-order valence-corrected chi connectivity index (χ1v) is 5.93. The van der Waals surface area contributed by atoms with E-state index in [9.17, 15) is 0 Å². The summed E-state index contributed by atoms with van der Waals surface area (Å²) >= 11 is 0. The summed E-state index contributed by atoms with van der Waals surface area (Å²) in [6, 6.07) is 6.11. The van der Waals surface area contributed by atoms with Crippen molar-refractivity contribution in [3.63, 3.8) is 0 Å². The Kier molecular flexibility index (Phi) is 9.21. The first-order valence-electron chi connectivity index (χ1n) is 5.93. The molecule has 0 amide bonds. The van der Waals surface area contributed by atoms with E-state index in [0.29, 0.717) is 0 Å². The van der Waals surface area contributed by atoms with Crippen molar-refractivity contribution in [3.8, 4) is 0 Å². The van der Waals surface area contributed by atoms with Crippen molar-refractivity contribution in [3.05, 3.63) is 48.3 Å². The lowest BCUT2D eigenvalue weighted by Gasteiger charge is -2.05. The number of nitrogens with one attached hydrogen (secondary N) is 1. The second-order valence-electron chi connectivity index (χ2n) is 4.10. The van der Waals surface area contributed by atoms with Gasteiger partial charge in [0.05, 0.1) is 12.0 Å². The molecule has 0 aliphatic carbocycles. The van der Waals surface area contributed by atoms with Gasteiger partial charge in [-0.1, -0.05) is 6.07 Å². The van der Waals surface area contributed by atoms with E-state index in [1.165, 1.54) is 0 Å². The fourth-order valence-corrected chi connectivity index (χ4v) is 1.72. The summed E-state index contributed by atoms with van der Waals surface area (Å²) in [5.41, 5.74) is 2.18. The summed E-state index contributed by atoms with van der Waals surface area (Å²) in [7, 11) is 0. The Morgan fingerprint density at radius 1 is 1.26 bits per heavy atom. The van der Waals surface area contributed by atoms with Crippen LogP contribution in [0.2, 0.25) is 0 Å². The first-order chi connectivity index (χ1) is 8.34. The summed E-state index contributed by atoms with van der Waals surface area (Å²) in [4.78, 5) is 8.45. The zero-order chi connectivity index (χ0) is 11.9. The number of nitrogens with zero attached hydrogens (tertiary/aromatic N) is 3. The van der Waals surface area contributed by atoms with Crippen molar-refractivity contribution in [2.45, 2.75) is 26.4 Å². The SMILES string of the molecule is Cc1cccc(CNCCCn2ccnc2)n1.Cl.Cl. The van der Waals surface area contributed by atoms with Gasteiger partial charge < -0.3 is 9.88 Å². The minimum absolute atomic E-state index is 0. The van der Waals surface area contributed by atoms with Crippen LogP contribution in [-0.4, -0.2) is 21.1 Å². The van der Waals surface area contributed by atoms with Gasteiger partial charge in [-0.3, -0.25) is 4.98 Å². The minimum Gasteiger partial charge on any atom is -0.337 e. The van der Waals surface area contributed by atoms with Gasteiger partial charge in [-0.15, -0.1) is 24.8 Å². The summed E-state index contributed by atoms with van der Waals surface area (Å²) in [5, 5.41) is 3.40. The van der Waals surface area contributed by atoms with Crippen LogP contribution in [0.25, 0.3) is 0 Å². The van der Waals surface area contributed by atoms with Crippen LogP contribution in [0.5, 0.6) is 0 Å². The normalized spacial score (nSPS) is 9.53. The van der Waals surface area contributed by atoms with Crippen molar-refractivity contribution in [2.75, 3.05) is 6.54 Å². The molecule has 4 nitrogen and oxygen atoms in total. The third-order valence-electron chi connectivity index (χ3n) is 2.58.